The topological polar surface area (TPSA) is 37.0 Å². The molecule has 0 aliphatic carbocycles. The predicted octanol–water partition coefficient (Wildman–Crippen LogP) is 4.99. The molecule has 0 spiro atoms. The van der Waals surface area contributed by atoms with Crippen LogP contribution in [0, 0.1) is 0 Å². The van der Waals surface area contributed by atoms with E-state index < -0.39 is 0 Å². The molecule has 0 aliphatic rings. The van der Waals surface area contributed by atoms with E-state index in [1.54, 1.807) is 6.07 Å². The summed E-state index contributed by atoms with van der Waals surface area (Å²) in [6, 6.07) is 10.1. The maximum atomic E-state index is 6.20. The second kappa shape index (κ2) is 7.53. The zero-order valence-corrected chi connectivity index (χ0v) is 13.7. The van der Waals surface area contributed by atoms with Crippen molar-refractivity contribution in [3.8, 4) is 0 Å². The van der Waals surface area contributed by atoms with E-state index in [-0.39, 0.29) is 0 Å². The van der Waals surface area contributed by atoms with Crippen molar-refractivity contribution in [2.24, 2.45) is 0 Å². The summed E-state index contributed by atoms with van der Waals surface area (Å²) < 4.78 is 0. The third kappa shape index (κ3) is 4.02. The molecule has 0 saturated heterocycles. The summed E-state index contributed by atoms with van der Waals surface area (Å²) in [7, 11) is 0. The van der Waals surface area contributed by atoms with E-state index in [0.29, 0.717) is 28.2 Å². The summed E-state index contributed by atoms with van der Waals surface area (Å²) in [5, 5.41) is 7.46. The van der Waals surface area contributed by atoms with Crippen LogP contribution in [0.2, 0.25) is 10.0 Å². The van der Waals surface area contributed by atoms with Crippen molar-refractivity contribution in [3.05, 3.63) is 51.5 Å². The Labute approximate surface area is 135 Å². The Morgan fingerprint density at radius 1 is 0.952 bits per heavy atom. The van der Waals surface area contributed by atoms with E-state index in [1.165, 1.54) is 11.1 Å². The molecule has 0 bridgehead atoms. The Hall–Kier alpha value is -1.45. The molecular formula is C16H19Cl2N3. The highest BCUT2D eigenvalue weighted by Gasteiger charge is 2.09. The van der Waals surface area contributed by atoms with Crippen molar-refractivity contribution in [2.75, 3.05) is 17.2 Å². The minimum absolute atomic E-state index is 0.524. The van der Waals surface area contributed by atoms with Crippen LogP contribution in [0.25, 0.3) is 0 Å². The largest absolute Gasteiger partial charge is 0.369 e. The van der Waals surface area contributed by atoms with Crippen LogP contribution < -0.4 is 10.6 Å². The predicted molar refractivity (Wildman–Crippen MR) is 91.6 cm³/mol. The van der Waals surface area contributed by atoms with Crippen LogP contribution in [0.15, 0.2) is 30.3 Å². The van der Waals surface area contributed by atoms with Crippen LogP contribution in [0.4, 0.5) is 11.6 Å². The van der Waals surface area contributed by atoms with Crippen LogP contribution in [-0.4, -0.2) is 11.5 Å². The van der Waals surface area contributed by atoms with Gasteiger partial charge in [0.2, 0.25) is 0 Å². The summed E-state index contributed by atoms with van der Waals surface area (Å²) in [5.41, 5.74) is 2.57. The smallest absolute Gasteiger partial charge is 0.147 e. The van der Waals surface area contributed by atoms with Crippen LogP contribution in [0.5, 0.6) is 0 Å². The van der Waals surface area contributed by atoms with Crippen LogP contribution in [0.3, 0.4) is 0 Å². The number of aromatic nitrogens is 1. The molecule has 0 aliphatic heterocycles. The fourth-order valence-corrected chi connectivity index (χ4v) is 2.63. The lowest BCUT2D eigenvalue weighted by Gasteiger charge is -2.13. The maximum absolute atomic E-state index is 6.20. The first-order valence-corrected chi connectivity index (χ1v) is 7.81. The molecule has 2 N–H and O–H groups in total. The Kier molecular flexibility index (Phi) is 5.71. The van der Waals surface area contributed by atoms with Gasteiger partial charge in [-0.2, -0.15) is 0 Å². The minimum Gasteiger partial charge on any atom is -0.369 e. The zero-order chi connectivity index (χ0) is 15.2. The summed E-state index contributed by atoms with van der Waals surface area (Å²) >= 11 is 12.3. The van der Waals surface area contributed by atoms with E-state index in [2.05, 4.69) is 40.7 Å². The Bertz CT molecular complexity index is 614. The highest BCUT2D eigenvalue weighted by Crippen LogP contribution is 2.29. The van der Waals surface area contributed by atoms with E-state index in [0.717, 1.165) is 13.0 Å². The molecule has 21 heavy (non-hydrogen) atoms. The molecule has 0 unspecified atom stereocenters. The van der Waals surface area contributed by atoms with Gasteiger partial charge in [-0.3, -0.25) is 0 Å². The molecule has 5 heteroatoms. The lowest BCUT2D eigenvalue weighted by atomic mass is 10.1. The fourth-order valence-electron chi connectivity index (χ4n) is 2.14. The SMILES string of the molecule is CCNc1nc(NCc2ccccc2CC)c(Cl)cc1Cl. The number of anilines is 2. The molecule has 112 valence electrons. The van der Waals surface area contributed by atoms with Crippen molar-refractivity contribution in [1.29, 1.82) is 0 Å². The van der Waals surface area contributed by atoms with Crippen LogP contribution in [-0.2, 0) is 13.0 Å². The molecule has 0 saturated carbocycles. The first-order chi connectivity index (χ1) is 10.2. The molecule has 1 aromatic carbocycles. The molecule has 0 atom stereocenters. The zero-order valence-electron chi connectivity index (χ0n) is 12.2. The molecule has 0 radical (unpaired) electrons. The van der Waals surface area contributed by atoms with Crippen LogP contribution >= 0.6 is 23.2 Å². The van der Waals surface area contributed by atoms with Gasteiger partial charge in [0.05, 0.1) is 10.0 Å². The number of hydrogen-bond acceptors (Lipinski definition) is 3. The number of nitrogens with zero attached hydrogens (tertiary/aromatic N) is 1. The third-order valence-corrected chi connectivity index (χ3v) is 3.80. The maximum Gasteiger partial charge on any atom is 0.147 e. The van der Waals surface area contributed by atoms with E-state index in [9.17, 15) is 0 Å². The van der Waals surface area contributed by atoms with Gasteiger partial charge in [-0.1, -0.05) is 54.4 Å². The molecule has 2 aromatic rings. The first-order valence-electron chi connectivity index (χ1n) is 7.06. The molecule has 2 rings (SSSR count). The number of nitrogens with one attached hydrogen (secondary N) is 2. The van der Waals surface area contributed by atoms with Gasteiger partial charge in [0.25, 0.3) is 0 Å². The van der Waals surface area contributed by atoms with E-state index in [1.807, 2.05) is 13.0 Å². The van der Waals surface area contributed by atoms with Gasteiger partial charge in [-0.15, -0.1) is 0 Å². The van der Waals surface area contributed by atoms with E-state index in [4.69, 9.17) is 23.2 Å². The van der Waals surface area contributed by atoms with Crippen molar-refractivity contribution in [3.63, 3.8) is 0 Å². The Morgan fingerprint density at radius 3 is 2.19 bits per heavy atom. The Morgan fingerprint density at radius 2 is 1.57 bits per heavy atom. The van der Waals surface area contributed by atoms with Gasteiger partial charge in [0, 0.05) is 13.1 Å². The number of pyridine rings is 1. The molecule has 1 heterocycles. The van der Waals surface area contributed by atoms with Crippen molar-refractivity contribution in [1.82, 2.24) is 4.98 Å². The lowest BCUT2D eigenvalue weighted by molar-refractivity contribution is 1.03. The summed E-state index contributed by atoms with van der Waals surface area (Å²) in [6.07, 6.45) is 1.00. The average molecular weight is 324 g/mol. The summed E-state index contributed by atoms with van der Waals surface area (Å²) in [5.74, 6) is 1.29. The van der Waals surface area contributed by atoms with Gasteiger partial charge in [-0.05, 0) is 30.5 Å². The molecule has 0 amide bonds. The summed E-state index contributed by atoms with van der Waals surface area (Å²) in [6.45, 7) is 5.59. The monoisotopic (exact) mass is 323 g/mol. The number of rotatable bonds is 6. The molecule has 1 aromatic heterocycles. The standard InChI is InChI=1S/C16H19Cl2N3/c1-3-11-7-5-6-8-12(11)10-20-16-14(18)9-13(17)15(21-16)19-4-2/h5-9H,3-4,10H2,1-2H3,(H2,19,20,21). The van der Waals surface area contributed by atoms with Gasteiger partial charge in [0.15, 0.2) is 0 Å². The summed E-state index contributed by atoms with van der Waals surface area (Å²) in [4.78, 5) is 4.45. The average Bonchev–Trinajstić information content (AvgIpc) is 2.49. The van der Waals surface area contributed by atoms with Crippen LogP contribution in [0.1, 0.15) is 25.0 Å². The molecule has 3 nitrogen and oxygen atoms in total. The number of hydrogen-bond donors (Lipinski definition) is 2. The minimum atomic E-state index is 0.524. The third-order valence-electron chi connectivity index (χ3n) is 3.22. The van der Waals surface area contributed by atoms with Crippen molar-refractivity contribution >= 4 is 34.8 Å². The van der Waals surface area contributed by atoms with Gasteiger partial charge >= 0.3 is 0 Å². The van der Waals surface area contributed by atoms with Gasteiger partial charge < -0.3 is 10.6 Å². The van der Waals surface area contributed by atoms with Gasteiger partial charge in [0.1, 0.15) is 11.6 Å². The highest BCUT2D eigenvalue weighted by molar-refractivity contribution is 6.37. The second-order valence-corrected chi connectivity index (χ2v) is 5.47. The molecular weight excluding hydrogens is 305 g/mol. The highest BCUT2D eigenvalue weighted by atomic mass is 35.5. The first kappa shape index (κ1) is 15.9. The van der Waals surface area contributed by atoms with E-state index >= 15 is 0 Å². The normalized spacial score (nSPS) is 10.5. The quantitative estimate of drug-likeness (QED) is 0.785. The lowest BCUT2D eigenvalue weighted by Crippen LogP contribution is -2.07. The second-order valence-electron chi connectivity index (χ2n) is 4.66. The van der Waals surface area contributed by atoms with Crippen molar-refractivity contribution in [2.45, 2.75) is 26.8 Å². The fraction of sp³-hybridized carbons (Fsp3) is 0.312. The Balaban J connectivity index is 2.17. The number of aryl methyl sites for hydroxylation is 1. The van der Waals surface area contributed by atoms with Crippen molar-refractivity contribution < 1.29 is 0 Å². The number of benzene rings is 1. The number of halogens is 2. The van der Waals surface area contributed by atoms with Gasteiger partial charge in [-0.25, -0.2) is 4.98 Å². The molecule has 0 fully saturated rings.